The summed E-state index contributed by atoms with van der Waals surface area (Å²) in [5.74, 6) is 0.498. The second-order valence-electron chi connectivity index (χ2n) is 6.26. The standard InChI is InChI=1S/C21H18FN3O2/c22-16-6-4-14(5-7-16)13-27-18-3-1-2-15(10-18)12-23-17-8-9-19-20(11-17)25-21(26)24-19/h1-11,23H,12-13H2,(H2,24,25,26). The maximum Gasteiger partial charge on any atom is 0.323 e. The highest BCUT2D eigenvalue weighted by molar-refractivity contribution is 5.78. The Balaban J connectivity index is 1.39. The molecule has 0 fully saturated rings. The monoisotopic (exact) mass is 363 g/mol. The van der Waals surface area contributed by atoms with Crippen LogP contribution >= 0.6 is 0 Å². The normalized spacial score (nSPS) is 10.9. The minimum Gasteiger partial charge on any atom is -0.489 e. The van der Waals surface area contributed by atoms with Gasteiger partial charge in [0.25, 0.3) is 0 Å². The Hall–Kier alpha value is -3.54. The predicted octanol–water partition coefficient (Wildman–Crippen LogP) is 4.19. The maximum absolute atomic E-state index is 12.9. The fraction of sp³-hybridized carbons (Fsp3) is 0.0952. The van der Waals surface area contributed by atoms with Crippen LogP contribution in [0.2, 0.25) is 0 Å². The lowest BCUT2D eigenvalue weighted by Crippen LogP contribution is -2.01. The minimum absolute atomic E-state index is 0.215. The highest BCUT2D eigenvalue weighted by atomic mass is 19.1. The molecular formula is C21H18FN3O2. The van der Waals surface area contributed by atoms with E-state index in [1.54, 1.807) is 12.1 Å². The molecule has 0 aliphatic heterocycles. The lowest BCUT2D eigenvalue weighted by molar-refractivity contribution is 0.306. The molecule has 0 aliphatic rings. The Morgan fingerprint density at radius 2 is 1.70 bits per heavy atom. The number of rotatable bonds is 6. The quantitative estimate of drug-likeness (QED) is 0.481. The van der Waals surface area contributed by atoms with Crippen molar-refractivity contribution in [2.45, 2.75) is 13.2 Å². The number of aromatic nitrogens is 2. The largest absolute Gasteiger partial charge is 0.489 e. The number of nitrogens with one attached hydrogen (secondary N) is 3. The Labute approximate surface area is 154 Å². The molecule has 136 valence electrons. The molecule has 3 aromatic carbocycles. The molecule has 27 heavy (non-hydrogen) atoms. The third-order valence-corrected chi connectivity index (χ3v) is 4.23. The van der Waals surface area contributed by atoms with Gasteiger partial charge in [-0.3, -0.25) is 0 Å². The summed E-state index contributed by atoms with van der Waals surface area (Å²) in [4.78, 5) is 16.8. The van der Waals surface area contributed by atoms with Gasteiger partial charge in [0.15, 0.2) is 0 Å². The summed E-state index contributed by atoms with van der Waals surface area (Å²) in [6.45, 7) is 1.00. The van der Waals surface area contributed by atoms with Gasteiger partial charge in [-0.2, -0.15) is 0 Å². The molecule has 1 aromatic heterocycles. The Morgan fingerprint density at radius 1 is 0.889 bits per heavy atom. The SMILES string of the molecule is O=c1[nH]c2ccc(NCc3cccc(OCc4ccc(F)cc4)c3)cc2[nH]1. The van der Waals surface area contributed by atoms with Gasteiger partial charge in [0.2, 0.25) is 0 Å². The van der Waals surface area contributed by atoms with Gasteiger partial charge in [-0.25, -0.2) is 9.18 Å². The van der Waals surface area contributed by atoms with Crippen LogP contribution in [0.25, 0.3) is 11.0 Å². The second-order valence-corrected chi connectivity index (χ2v) is 6.26. The highest BCUT2D eigenvalue weighted by Gasteiger charge is 2.02. The van der Waals surface area contributed by atoms with Gasteiger partial charge in [-0.15, -0.1) is 0 Å². The van der Waals surface area contributed by atoms with E-state index < -0.39 is 0 Å². The summed E-state index contributed by atoms with van der Waals surface area (Å²) in [7, 11) is 0. The number of ether oxygens (including phenoxy) is 1. The Bertz CT molecular complexity index is 1120. The average molecular weight is 363 g/mol. The summed E-state index contributed by atoms with van der Waals surface area (Å²) >= 11 is 0. The molecule has 0 spiro atoms. The van der Waals surface area contributed by atoms with Crippen molar-refractivity contribution in [1.29, 1.82) is 0 Å². The van der Waals surface area contributed by atoms with E-state index in [-0.39, 0.29) is 11.5 Å². The molecule has 5 nitrogen and oxygen atoms in total. The summed E-state index contributed by atoms with van der Waals surface area (Å²) in [6, 6.07) is 19.7. The Morgan fingerprint density at radius 3 is 2.56 bits per heavy atom. The van der Waals surface area contributed by atoms with Gasteiger partial charge < -0.3 is 20.0 Å². The van der Waals surface area contributed by atoms with Crippen LogP contribution in [0.1, 0.15) is 11.1 Å². The molecule has 4 rings (SSSR count). The molecular weight excluding hydrogens is 345 g/mol. The van der Waals surface area contributed by atoms with Gasteiger partial charge in [0, 0.05) is 12.2 Å². The molecule has 3 N–H and O–H groups in total. The van der Waals surface area contributed by atoms with Crippen molar-refractivity contribution in [2.75, 3.05) is 5.32 Å². The first-order valence-corrected chi connectivity index (χ1v) is 8.58. The Kier molecular flexibility index (Phi) is 4.61. The highest BCUT2D eigenvalue weighted by Crippen LogP contribution is 2.18. The summed E-state index contributed by atoms with van der Waals surface area (Å²) in [6.07, 6.45) is 0. The summed E-state index contributed by atoms with van der Waals surface area (Å²) in [5.41, 5.74) is 4.22. The number of aromatic amines is 2. The summed E-state index contributed by atoms with van der Waals surface area (Å²) in [5, 5.41) is 3.34. The fourth-order valence-electron chi connectivity index (χ4n) is 2.84. The van der Waals surface area contributed by atoms with Crippen LogP contribution in [0.3, 0.4) is 0 Å². The number of fused-ring (bicyclic) bond motifs is 1. The van der Waals surface area contributed by atoms with Crippen molar-refractivity contribution in [1.82, 2.24) is 9.97 Å². The maximum atomic E-state index is 12.9. The number of anilines is 1. The number of hydrogen-bond acceptors (Lipinski definition) is 3. The molecule has 6 heteroatoms. The third-order valence-electron chi connectivity index (χ3n) is 4.23. The second kappa shape index (κ2) is 7.37. The average Bonchev–Trinajstić information content (AvgIpc) is 3.05. The molecule has 0 saturated carbocycles. The van der Waals surface area contributed by atoms with Crippen molar-refractivity contribution in [3.05, 3.63) is 94.2 Å². The van der Waals surface area contributed by atoms with Crippen LogP contribution in [0, 0.1) is 5.82 Å². The minimum atomic E-state index is -0.256. The molecule has 0 unspecified atom stereocenters. The van der Waals surface area contributed by atoms with Crippen molar-refractivity contribution in [3.63, 3.8) is 0 Å². The van der Waals surface area contributed by atoms with Crippen LogP contribution in [0.4, 0.5) is 10.1 Å². The number of benzene rings is 3. The first-order chi connectivity index (χ1) is 13.2. The van der Waals surface area contributed by atoms with Crippen LogP contribution in [0.15, 0.2) is 71.5 Å². The van der Waals surface area contributed by atoms with E-state index in [9.17, 15) is 9.18 Å². The zero-order valence-corrected chi connectivity index (χ0v) is 14.5. The zero-order valence-electron chi connectivity index (χ0n) is 14.5. The van der Waals surface area contributed by atoms with Gasteiger partial charge in [0.1, 0.15) is 18.2 Å². The fourth-order valence-corrected chi connectivity index (χ4v) is 2.84. The molecule has 1 heterocycles. The van der Waals surface area contributed by atoms with E-state index in [0.717, 1.165) is 33.6 Å². The van der Waals surface area contributed by atoms with E-state index in [4.69, 9.17) is 4.74 Å². The van der Waals surface area contributed by atoms with E-state index in [1.807, 2.05) is 42.5 Å². The van der Waals surface area contributed by atoms with Crippen LogP contribution in [-0.2, 0) is 13.2 Å². The van der Waals surface area contributed by atoms with Crippen LogP contribution in [-0.4, -0.2) is 9.97 Å². The molecule has 0 atom stereocenters. The third kappa shape index (κ3) is 4.17. The molecule has 0 saturated heterocycles. The number of imidazole rings is 1. The lowest BCUT2D eigenvalue weighted by Gasteiger charge is -2.10. The first kappa shape index (κ1) is 16.9. The van der Waals surface area contributed by atoms with E-state index in [2.05, 4.69) is 15.3 Å². The number of H-pyrrole nitrogens is 2. The number of hydrogen-bond donors (Lipinski definition) is 3. The van der Waals surface area contributed by atoms with Gasteiger partial charge in [-0.1, -0.05) is 24.3 Å². The van der Waals surface area contributed by atoms with Crippen LogP contribution < -0.4 is 15.7 Å². The van der Waals surface area contributed by atoms with Crippen molar-refractivity contribution in [3.8, 4) is 5.75 Å². The van der Waals surface area contributed by atoms with E-state index in [1.165, 1.54) is 12.1 Å². The van der Waals surface area contributed by atoms with Crippen LogP contribution in [0.5, 0.6) is 5.75 Å². The van der Waals surface area contributed by atoms with E-state index >= 15 is 0 Å². The smallest absolute Gasteiger partial charge is 0.323 e. The summed E-state index contributed by atoms with van der Waals surface area (Å²) < 4.78 is 18.7. The van der Waals surface area contributed by atoms with Gasteiger partial charge in [0.05, 0.1) is 11.0 Å². The molecule has 0 bridgehead atoms. The van der Waals surface area contributed by atoms with Gasteiger partial charge >= 0.3 is 5.69 Å². The van der Waals surface area contributed by atoms with Crippen molar-refractivity contribution < 1.29 is 9.13 Å². The molecule has 4 aromatic rings. The predicted molar refractivity (Wildman–Crippen MR) is 103 cm³/mol. The zero-order chi connectivity index (χ0) is 18.6. The first-order valence-electron chi connectivity index (χ1n) is 8.58. The topological polar surface area (TPSA) is 69.9 Å². The molecule has 0 aliphatic carbocycles. The molecule has 0 radical (unpaired) electrons. The molecule has 0 amide bonds. The van der Waals surface area contributed by atoms with Crippen molar-refractivity contribution >= 4 is 16.7 Å². The van der Waals surface area contributed by atoms with Gasteiger partial charge in [-0.05, 0) is 53.6 Å². The van der Waals surface area contributed by atoms with Crippen molar-refractivity contribution in [2.24, 2.45) is 0 Å². The number of halogens is 1. The van der Waals surface area contributed by atoms with E-state index in [0.29, 0.717) is 13.2 Å². The lowest BCUT2D eigenvalue weighted by atomic mass is 10.2.